The molecule has 0 aromatic heterocycles. The highest BCUT2D eigenvalue weighted by Gasteiger charge is 2.32. The largest absolute Gasteiger partial charge is 0.396 e. The van der Waals surface area contributed by atoms with Crippen LogP contribution < -0.4 is 0 Å². The normalized spacial score (nSPS) is 25.6. The summed E-state index contributed by atoms with van der Waals surface area (Å²) in [7, 11) is 1.84. The molecule has 1 aromatic rings. The molecule has 0 radical (unpaired) electrons. The average Bonchev–Trinajstić information content (AvgIpc) is 2.53. The van der Waals surface area contributed by atoms with Crippen molar-refractivity contribution in [2.24, 2.45) is 11.8 Å². The number of carbonyl (C=O) groups is 1. The van der Waals surface area contributed by atoms with Crippen molar-refractivity contribution in [1.82, 2.24) is 4.90 Å². The SMILES string of the molecule is C[C@H]1C[C@H](CO)CC[C@H]1N(C)C(=O)c1ccccc1CO. The molecule has 1 saturated carbocycles. The van der Waals surface area contributed by atoms with E-state index in [4.69, 9.17) is 0 Å². The quantitative estimate of drug-likeness (QED) is 0.892. The zero-order valence-electron chi connectivity index (χ0n) is 12.8. The standard InChI is InChI=1S/C17H25NO3/c1-12-9-13(10-19)7-8-16(12)18(2)17(21)15-6-4-3-5-14(15)11-20/h3-6,12-13,16,19-20H,7-11H2,1-2H3/t12-,13+,16+/m0/s1. The number of amides is 1. The van der Waals surface area contributed by atoms with E-state index in [1.807, 2.05) is 24.1 Å². The maximum Gasteiger partial charge on any atom is 0.254 e. The molecule has 0 bridgehead atoms. The van der Waals surface area contributed by atoms with Crippen molar-refractivity contribution in [3.05, 3.63) is 35.4 Å². The van der Waals surface area contributed by atoms with Crippen LogP contribution in [0.5, 0.6) is 0 Å². The van der Waals surface area contributed by atoms with Gasteiger partial charge < -0.3 is 15.1 Å². The van der Waals surface area contributed by atoms with Crippen LogP contribution in [-0.4, -0.2) is 40.7 Å². The minimum absolute atomic E-state index is 0.0288. The van der Waals surface area contributed by atoms with E-state index in [1.54, 1.807) is 12.1 Å². The molecule has 1 aliphatic rings. The van der Waals surface area contributed by atoms with Gasteiger partial charge in [-0.2, -0.15) is 0 Å². The van der Waals surface area contributed by atoms with E-state index >= 15 is 0 Å². The molecule has 1 aliphatic carbocycles. The molecule has 3 atom stereocenters. The fraction of sp³-hybridized carbons (Fsp3) is 0.588. The maximum atomic E-state index is 12.7. The van der Waals surface area contributed by atoms with Gasteiger partial charge in [-0.25, -0.2) is 0 Å². The maximum absolute atomic E-state index is 12.7. The number of benzene rings is 1. The predicted octanol–water partition coefficient (Wildman–Crippen LogP) is 2.05. The Hall–Kier alpha value is -1.39. The molecule has 2 rings (SSSR count). The third-order valence-electron chi connectivity index (χ3n) is 4.73. The van der Waals surface area contributed by atoms with E-state index in [9.17, 15) is 15.0 Å². The van der Waals surface area contributed by atoms with Crippen LogP contribution >= 0.6 is 0 Å². The molecular weight excluding hydrogens is 266 g/mol. The second kappa shape index (κ2) is 7.05. The van der Waals surface area contributed by atoms with E-state index in [2.05, 4.69) is 6.92 Å². The molecule has 4 nitrogen and oxygen atoms in total. The smallest absolute Gasteiger partial charge is 0.254 e. The molecule has 0 aliphatic heterocycles. The molecule has 21 heavy (non-hydrogen) atoms. The topological polar surface area (TPSA) is 60.8 Å². The van der Waals surface area contributed by atoms with Gasteiger partial charge >= 0.3 is 0 Å². The van der Waals surface area contributed by atoms with Gasteiger partial charge in [-0.15, -0.1) is 0 Å². The van der Waals surface area contributed by atoms with E-state index in [1.165, 1.54) is 0 Å². The fourth-order valence-electron chi connectivity index (χ4n) is 3.44. The van der Waals surface area contributed by atoms with Crippen LogP contribution in [0.1, 0.15) is 42.1 Å². The van der Waals surface area contributed by atoms with E-state index in [0.29, 0.717) is 23.0 Å². The Morgan fingerprint density at radius 1 is 1.29 bits per heavy atom. The summed E-state index contributed by atoms with van der Waals surface area (Å²) in [6, 6.07) is 7.41. The molecule has 1 amide bonds. The molecule has 0 saturated heterocycles. The molecular formula is C17H25NO3. The first-order chi connectivity index (χ1) is 10.1. The van der Waals surface area contributed by atoms with Gasteiger partial charge in [-0.05, 0) is 42.7 Å². The van der Waals surface area contributed by atoms with Gasteiger partial charge in [0.1, 0.15) is 0 Å². The van der Waals surface area contributed by atoms with Gasteiger partial charge in [0.2, 0.25) is 0 Å². The summed E-state index contributed by atoms with van der Waals surface area (Å²) in [6.07, 6.45) is 2.85. The van der Waals surface area contributed by atoms with Crippen LogP contribution in [0.15, 0.2) is 24.3 Å². The van der Waals surface area contributed by atoms with Crippen LogP contribution in [-0.2, 0) is 6.61 Å². The molecule has 2 N–H and O–H groups in total. The van der Waals surface area contributed by atoms with Crippen LogP contribution in [0.4, 0.5) is 0 Å². The second-order valence-corrected chi connectivity index (χ2v) is 6.14. The van der Waals surface area contributed by atoms with Crippen molar-refractivity contribution in [2.45, 2.75) is 38.8 Å². The van der Waals surface area contributed by atoms with Crippen molar-refractivity contribution in [2.75, 3.05) is 13.7 Å². The van der Waals surface area contributed by atoms with Crippen LogP contribution in [0, 0.1) is 11.8 Å². The number of aliphatic hydroxyl groups is 2. The summed E-state index contributed by atoms with van der Waals surface area (Å²) >= 11 is 0. The van der Waals surface area contributed by atoms with Crippen LogP contribution in [0.25, 0.3) is 0 Å². The van der Waals surface area contributed by atoms with Crippen molar-refractivity contribution in [3.63, 3.8) is 0 Å². The lowest BCUT2D eigenvalue weighted by Gasteiger charge is -2.39. The predicted molar refractivity (Wildman–Crippen MR) is 81.8 cm³/mol. The summed E-state index contributed by atoms with van der Waals surface area (Å²) in [4.78, 5) is 14.5. The summed E-state index contributed by atoms with van der Waals surface area (Å²) < 4.78 is 0. The Labute approximate surface area is 126 Å². The molecule has 0 heterocycles. The first kappa shape index (κ1) is 16.0. The third-order valence-corrected chi connectivity index (χ3v) is 4.73. The first-order valence-electron chi connectivity index (χ1n) is 7.65. The Morgan fingerprint density at radius 2 is 2.00 bits per heavy atom. The molecule has 1 fully saturated rings. The van der Waals surface area contributed by atoms with Gasteiger partial charge in [0.25, 0.3) is 5.91 Å². The van der Waals surface area contributed by atoms with Gasteiger partial charge in [0.15, 0.2) is 0 Å². The number of hydrogen-bond acceptors (Lipinski definition) is 3. The van der Waals surface area contributed by atoms with Crippen LogP contribution in [0.3, 0.4) is 0 Å². The highest BCUT2D eigenvalue weighted by atomic mass is 16.3. The first-order valence-corrected chi connectivity index (χ1v) is 7.65. The molecule has 0 spiro atoms. The Balaban J connectivity index is 2.12. The van der Waals surface area contributed by atoms with E-state index in [0.717, 1.165) is 19.3 Å². The second-order valence-electron chi connectivity index (χ2n) is 6.14. The van der Waals surface area contributed by atoms with Gasteiger partial charge in [-0.1, -0.05) is 25.1 Å². The monoisotopic (exact) mass is 291 g/mol. The zero-order chi connectivity index (χ0) is 15.4. The third kappa shape index (κ3) is 3.44. The highest BCUT2D eigenvalue weighted by molar-refractivity contribution is 5.95. The van der Waals surface area contributed by atoms with Crippen molar-refractivity contribution in [3.8, 4) is 0 Å². The highest BCUT2D eigenvalue weighted by Crippen LogP contribution is 2.32. The Bertz CT molecular complexity index is 489. The van der Waals surface area contributed by atoms with Gasteiger partial charge in [0.05, 0.1) is 6.61 Å². The molecule has 1 aromatic carbocycles. The zero-order valence-corrected chi connectivity index (χ0v) is 12.8. The Kier molecular flexibility index (Phi) is 5.37. The summed E-state index contributed by atoms with van der Waals surface area (Å²) in [6.45, 7) is 2.26. The average molecular weight is 291 g/mol. The van der Waals surface area contributed by atoms with Crippen molar-refractivity contribution >= 4 is 5.91 Å². The van der Waals surface area contributed by atoms with E-state index < -0.39 is 0 Å². The number of hydrogen-bond donors (Lipinski definition) is 2. The summed E-state index contributed by atoms with van der Waals surface area (Å²) in [5, 5.41) is 18.7. The number of aliphatic hydroxyl groups excluding tert-OH is 2. The fourth-order valence-corrected chi connectivity index (χ4v) is 3.44. The van der Waals surface area contributed by atoms with Gasteiger partial charge in [-0.3, -0.25) is 4.79 Å². The lowest BCUT2D eigenvalue weighted by atomic mass is 9.78. The molecule has 0 unspecified atom stereocenters. The lowest BCUT2D eigenvalue weighted by molar-refractivity contribution is 0.0532. The minimum atomic E-state index is -0.122. The minimum Gasteiger partial charge on any atom is -0.396 e. The summed E-state index contributed by atoms with van der Waals surface area (Å²) in [5.74, 6) is 0.717. The van der Waals surface area contributed by atoms with E-state index in [-0.39, 0.29) is 25.2 Å². The number of carbonyl (C=O) groups excluding carboxylic acids is 1. The molecule has 116 valence electrons. The van der Waals surface area contributed by atoms with Gasteiger partial charge in [0, 0.05) is 25.3 Å². The van der Waals surface area contributed by atoms with Crippen molar-refractivity contribution < 1.29 is 15.0 Å². The summed E-state index contributed by atoms with van der Waals surface area (Å²) in [5.41, 5.74) is 1.25. The Morgan fingerprint density at radius 3 is 2.62 bits per heavy atom. The number of nitrogens with zero attached hydrogens (tertiary/aromatic N) is 1. The molecule has 4 heteroatoms. The lowest BCUT2D eigenvalue weighted by Crippen LogP contribution is -2.44. The van der Waals surface area contributed by atoms with Crippen LogP contribution in [0.2, 0.25) is 0 Å². The van der Waals surface area contributed by atoms with Crippen molar-refractivity contribution in [1.29, 1.82) is 0 Å². The number of rotatable bonds is 4.